The van der Waals surface area contributed by atoms with E-state index in [1.54, 1.807) is 6.92 Å². The molecule has 0 aliphatic heterocycles. The van der Waals surface area contributed by atoms with Crippen LogP contribution in [0.3, 0.4) is 0 Å². The molecule has 0 saturated heterocycles. The zero-order chi connectivity index (χ0) is 8.20. The molecule has 1 atom stereocenters. The summed E-state index contributed by atoms with van der Waals surface area (Å²) in [5.74, 6) is 0. The second-order valence-electron chi connectivity index (χ2n) is 1.95. The highest BCUT2D eigenvalue weighted by atomic mass is 32.2. The molecule has 0 aliphatic rings. The molecule has 5 nitrogen and oxygen atoms in total. The van der Waals surface area contributed by atoms with Crippen LogP contribution in [0.1, 0.15) is 13.3 Å². The molecular formula is C4H12N2O3S. The van der Waals surface area contributed by atoms with E-state index in [4.69, 9.17) is 5.11 Å². The fraction of sp³-hybridized carbons (Fsp3) is 1.00. The third-order valence-corrected chi connectivity index (χ3v) is 1.71. The van der Waals surface area contributed by atoms with Gasteiger partial charge in [0.25, 0.3) is 10.2 Å². The molecule has 0 fully saturated rings. The standard InChI is InChI=1S/C4H12N2O3S/c1-2-4(3-7)6-10(5,8)9/h4,6-7H,2-3H2,1H3,(H2,5,8,9). The number of hydrogen-bond donors (Lipinski definition) is 3. The summed E-state index contributed by atoms with van der Waals surface area (Å²) >= 11 is 0. The molecular weight excluding hydrogens is 156 g/mol. The van der Waals surface area contributed by atoms with E-state index in [0.29, 0.717) is 6.42 Å². The van der Waals surface area contributed by atoms with Gasteiger partial charge in [-0.25, -0.2) is 5.14 Å². The van der Waals surface area contributed by atoms with Crippen LogP contribution in [0.5, 0.6) is 0 Å². The van der Waals surface area contributed by atoms with Crippen LogP contribution in [0.25, 0.3) is 0 Å². The van der Waals surface area contributed by atoms with Gasteiger partial charge in [-0.15, -0.1) is 0 Å². The quantitative estimate of drug-likeness (QED) is 0.479. The van der Waals surface area contributed by atoms with E-state index in [9.17, 15) is 8.42 Å². The van der Waals surface area contributed by atoms with Gasteiger partial charge in [-0.2, -0.15) is 13.1 Å². The average Bonchev–Trinajstić information content (AvgIpc) is 1.81. The maximum absolute atomic E-state index is 10.3. The van der Waals surface area contributed by atoms with Gasteiger partial charge in [0.05, 0.1) is 6.61 Å². The summed E-state index contributed by atoms with van der Waals surface area (Å²) in [6.07, 6.45) is 0.521. The van der Waals surface area contributed by atoms with Gasteiger partial charge in [-0.3, -0.25) is 0 Å². The molecule has 6 heteroatoms. The number of aliphatic hydroxyl groups is 1. The van der Waals surface area contributed by atoms with Gasteiger partial charge >= 0.3 is 0 Å². The topological polar surface area (TPSA) is 92.4 Å². The van der Waals surface area contributed by atoms with Crippen LogP contribution in [0.4, 0.5) is 0 Å². The van der Waals surface area contributed by atoms with Crippen LogP contribution in [0, 0.1) is 0 Å². The minimum absolute atomic E-state index is 0.229. The van der Waals surface area contributed by atoms with Gasteiger partial charge in [0.1, 0.15) is 0 Å². The van der Waals surface area contributed by atoms with E-state index in [0.717, 1.165) is 0 Å². The van der Waals surface area contributed by atoms with Crippen LogP contribution in [-0.2, 0) is 10.2 Å². The second kappa shape index (κ2) is 3.87. The Morgan fingerprint density at radius 3 is 2.30 bits per heavy atom. The van der Waals surface area contributed by atoms with Crippen LogP contribution in [-0.4, -0.2) is 26.2 Å². The number of rotatable bonds is 4. The van der Waals surface area contributed by atoms with Gasteiger partial charge in [0.15, 0.2) is 0 Å². The second-order valence-corrected chi connectivity index (χ2v) is 3.28. The van der Waals surface area contributed by atoms with Gasteiger partial charge in [0, 0.05) is 6.04 Å². The van der Waals surface area contributed by atoms with E-state index >= 15 is 0 Å². The van der Waals surface area contributed by atoms with Gasteiger partial charge in [-0.1, -0.05) is 6.92 Å². The van der Waals surface area contributed by atoms with Gasteiger partial charge in [-0.05, 0) is 6.42 Å². The molecule has 0 aliphatic carbocycles. The van der Waals surface area contributed by atoms with E-state index in [1.807, 2.05) is 0 Å². The fourth-order valence-electron chi connectivity index (χ4n) is 0.482. The molecule has 0 amide bonds. The van der Waals surface area contributed by atoms with Crippen molar-refractivity contribution in [1.82, 2.24) is 4.72 Å². The van der Waals surface area contributed by atoms with Crippen molar-refractivity contribution in [1.29, 1.82) is 0 Å². The van der Waals surface area contributed by atoms with Crippen molar-refractivity contribution in [3.8, 4) is 0 Å². The summed E-state index contributed by atoms with van der Waals surface area (Å²) in [6.45, 7) is 1.52. The van der Waals surface area contributed by atoms with Crippen molar-refractivity contribution in [2.24, 2.45) is 5.14 Å². The van der Waals surface area contributed by atoms with Crippen molar-refractivity contribution in [3.05, 3.63) is 0 Å². The van der Waals surface area contributed by atoms with Crippen molar-refractivity contribution >= 4 is 10.2 Å². The van der Waals surface area contributed by atoms with Crippen LogP contribution in [0.2, 0.25) is 0 Å². The van der Waals surface area contributed by atoms with E-state index in [-0.39, 0.29) is 6.61 Å². The van der Waals surface area contributed by atoms with Crippen LogP contribution >= 0.6 is 0 Å². The summed E-state index contributed by atoms with van der Waals surface area (Å²) in [5, 5.41) is 13.1. The smallest absolute Gasteiger partial charge is 0.274 e. The monoisotopic (exact) mass is 168 g/mol. The highest BCUT2D eigenvalue weighted by Gasteiger charge is 2.09. The molecule has 0 radical (unpaired) electrons. The van der Waals surface area contributed by atoms with E-state index in [1.165, 1.54) is 0 Å². The number of hydrogen-bond acceptors (Lipinski definition) is 3. The molecule has 62 valence electrons. The molecule has 0 saturated carbocycles. The lowest BCUT2D eigenvalue weighted by Crippen LogP contribution is -2.40. The Labute approximate surface area is 60.4 Å². The van der Waals surface area contributed by atoms with Crippen LogP contribution in [0.15, 0.2) is 0 Å². The number of nitrogens with two attached hydrogens (primary N) is 1. The largest absolute Gasteiger partial charge is 0.395 e. The zero-order valence-corrected chi connectivity index (χ0v) is 6.56. The Morgan fingerprint density at radius 1 is 1.70 bits per heavy atom. The minimum Gasteiger partial charge on any atom is -0.395 e. The molecule has 0 aromatic carbocycles. The first kappa shape index (κ1) is 9.83. The third kappa shape index (κ3) is 4.68. The SMILES string of the molecule is CCC(CO)NS(N)(=O)=O. The molecule has 0 rings (SSSR count). The highest BCUT2D eigenvalue weighted by molar-refractivity contribution is 7.87. The summed E-state index contributed by atoms with van der Waals surface area (Å²) in [7, 11) is -3.66. The molecule has 0 spiro atoms. The number of nitrogens with one attached hydrogen (secondary N) is 1. The maximum atomic E-state index is 10.3. The van der Waals surface area contributed by atoms with Crippen molar-refractivity contribution < 1.29 is 13.5 Å². The Bertz CT molecular complexity index is 173. The lowest BCUT2D eigenvalue weighted by Gasteiger charge is -2.10. The fourth-order valence-corrected chi connectivity index (χ4v) is 1.19. The predicted octanol–water partition coefficient (Wildman–Crippen LogP) is -1.45. The molecule has 0 heterocycles. The van der Waals surface area contributed by atoms with Crippen molar-refractivity contribution in [3.63, 3.8) is 0 Å². The Kier molecular flexibility index (Phi) is 3.80. The summed E-state index contributed by atoms with van der Waals surface area (Å²) in [5.41, 5.74) is 0. The first-order chi connectivity index (χ1) is 4.49. The maximum Gasteiger partial charge on any atom is 0.274 e. The molecule has 0 aromatic rings. The molecule has 1 unspecified atom stereocenters. The van der Waals surface area contributed by atoms with E-state index in [2.05, 4.69) is 9.86 Å². The molecule has 10 heavy (non-hydrogen) atoms. The first-order valence-corrected chi connectivity index (χ1v) is 4.45. The summed E-state index contributed by atoms with van der Waals surface area (Å²) in [4.78, 5) is 0. The first-order valence-electron chi connectivity index (χ1n) is 2.90. The average molecular weight is 168 g/mol. The molecule has 0 bridgehead atoms. The van der Waals surface area contributed by atoms with E-state index < -0.39 is 16.3 Å². The Balaban J connectivity index is 3.87. The number of aliphatic hydroxyl groups excluding tert-OH is 1. The van der Waals surface area contributed by atoms with Crippen LogP contribution < -0.4 is 9.86 Å². The van der Waals surface area contributed by atoms with Gasteiger partial charge in [0.2, 0.25) is 0 Å². The van der Waals surface area contributed by atoms with Gasteiger partial charge < -0.3 is 5.11 Å². The van der Waals surface area contributed by atoms with Crippen molar-refractivity contribution in [2.75, 3.05) is 6.61 Å². The minimum atomic E-state index is -3.66. The normalized spacial score (nSPS) is 15.1. The highest BCUT2D eigenvalue weighted by Crippen LogP contribution is 1.88. The van der Waals surface area contributed by atoms with Crippen molar-refractivity contribution in [2.45, 2.75) is 19.4 Å². The molecule has 4 N–H and O–H groups in total. The summed E-state index contributed by atoms with van der Waals surface area (Å²) < 4.78 is 22.7. The Morgan fingerprint density at radius 2 is 2.20 bits per heavy atom. The zero-order valence-electron chi connectivity index (χ0n) is 5.74. The Hall–Kier alpha value is -0.170. The third-order valence-electron chi connectivity index (χ3n) is 1.04. The lowest BCUT2D eigenvalue weighted by molar-refractivity contribution is 0.254. The predicted molar refractivity (Wildman–Crippen MR) is 37.4 cm³/mol. The lowest BCUT2D eigenvalue weighted by atomic mass is 10.3. The summed E-state index contributed by atoms with van der Waals surface area (Å²) in [6, 6.07) is -0.463. The molecule has 0 aromatic heterocycles.